The van der Waals surface area contributed by atoms with Crippen molar-refractivity contribution in [2.45, 2.75) is 27.1 Å². The highest BCUT2D eigenvalue weighted by atomic mass is 32.1. The largest absolute Gasteiger partial charge is 0.468 e. The van der Waals surface area contributed by atoms with Gasteiger partial charge in [0.1, 0.15) is 6.33 Å². The summed E-state index contributed by atoms with van der Waals surface area (Å²) >= 11 is 5.65. The van der Waals surface area contributed by atoms with E-state index in [0.717, 1.165) is 16.8 Å². The topological polar surface area (TPSA) is 52.3 Å². The molecule has 0 aliphatic rings. The lowest BCUT2D eigenvalue weighted by atomic mass is 10.1. The van der Waals surface area contributed by atoms with Crippen LogP contribution in [0.5, 0.6) is 0 Å². The monoisotopic (exact) mass is 396 g/mol. The average Bonchev–Trinajstić information content (AvgIpc) is 3.03. The van der Waals surface area contributed by atoms with Crippen LogP contribution in [0.15, 0.2) is 54.9 Å². The van der Waals surface area contributed by atoms with Crippen LogP contribution in [0.25, 0.3) is 5.69 Å². The van der Waals surface area contributed by atoms with Crippen molar-refractivity contribution in [3.8, 4) is 5.69 Å². The van der Waals surface area contributed by atoms with E-state index in [1.54, 1.807) is 11.0 Å². The quantitative estimate of drug-likeness (QED) is 0.451. The van der Waals surface area contributed by atoms with Crippen LogP contribution in [0.1, 0.15) is 16.7 Å². The Labute approximate surface area is 170 Å². The van der Waals surface area contributed by atoms with E-state index < -0.39 is 0 Å². The zero-order valence-corrected chi connectivity index (χ0v) is 17.1. The summed E-state index contributed by atoms with van der Waals surface area (Å²) in [5, 5.41) is 4.45. The van der Waals surface area contributed by atoms with Gasteiger partial charge in [-0.3, -0.25) is 14.3 Å². The Morgan fingerprint density at radius 2 is 1.93 bits per heavy atom. The molecular weight excluding hydrogens is 372 g/mol. The van der Waals surface area contributed by atoms with E-state index in [1.165, 1.54) is 12.7 Å². The number of aryl methyl sites for hydroxylation is 2. The van der Waals surface area contributed by atoms with Crippen molar-refractivity contribution in [3.63, 3.8) is 0 Å². The zero-order valence-electron chi connectivity index (χ0n) is 16.3. The maximum absolute atomic E-state index is 11.9. The third-order valence-electron chi connectivity index (χ3n) is 4.51. The molecule has 28 heavy (non-hydrogen) atoms. The fraction of sp³-hybridized carbons (Fsp3) is 0.286. The first-order chi connectivity index (χ1) is 13.5. The molecule has 0 spiro atoms. The van der Waals surface area contributed by atoms with Crippen molar-refractivity contribution in [3.05, 3.63) is 76.3 Å². The summed E-state index contributed by atoms with van der Waals surface area (Å²) in [6.45, 7) is 5.26. The van der Waals surface area contributed by atoms with Crippen molar-refractivity contribution >= 4 is 18.2 Å². The van der Waals surface area contributed by atoms with Gasteiger partial charge in [-0.25, -0.2) is 4.68 Å². The predicted octanol–water partition coefficient (Wildman–Crippen LogP) is 3.65. The highest BCUT2D eigenvalue weighted by Gasteiger charge is 2.15. The molecule has 0 N–H and O–H groups in total. The fourth-order valence-corrected chi connectivity index (χ4v) is 3.36. The Bertz CT molecular complexity index is 1010. The second kappa shape index (κ2) is 8.95. The van der Waals surface area contributed by atoms with Crippen LogP contribution in [0.4, 0.5) is 0 Å². The van der Waals surface area contributed by atoms with E-state index in [0.29, 0.717) is 18.0 Å². The molecule has 0 saturated carbocycles. The highest BCUT2D eigenvalue weighted by Crippen LogP contribution is 2.16. The van der Waals surface area contributed by atoms with E-state index in [4.69, 9.17) is 17.0 Å². The lowest BCUT2D eigenvalue weighted by Crippen LogP contribution is -2.32. The molecule has 0 amide bonds. The molecule has 7 heteroatoms. The van der Waals surface area contributed by atoms with Gasteiger partial charge in [0.25, 0.3) is 0 Å². The number of hydrogen-bond donors (Lipinski definition) is 0. The molecular formula is C21H24N4O2S. The minimum absolute atomic E-state index is 0.156. The first-order valence-corrected chi connectivity index (χ1v) is 9.44. The zero-order chi connectivity index (χ0) is 20.1. The molecule has 0 fully saturated rings. The van der Waals surface area contributed by atoms with Crippen LogP contribution in [0, 0.1) is 18.6 Å². The summed E-state index contributed by atoms with van der Waals surface area (Å²) in [7, 11) is 1.39. The fourth-order valence-electron chi connectivity index (χ4n) is 3.11. The Morgan fingerprint density at radius 3 is 2.61 bits per heavy atom. The summed E-state index contributed by atoms with van der Waals surface area (Å²) in [5.74, 6) is -0.295. The number of aromatic nitrogens is 3. The molecule has 0 atom stereocenters. The lowest BCUT2D eigenvalue weighted by Gasteiger charge is -2.21. The number of hydrogen-bond acceptors (Lipinski definition) is 5. The van der Waals surface area contributed by atoms with Gasteiger partial charge in [0.05, 0.1) is 26.0 Å². The van der Waals surface area contributed by atoms with Crippen molar-refractivity contribution in [2.24, 2.45) is 0 Å². The number of rotatable bonds is 7. The molecule has 1 aromatic heterocycles. The third kappa shape index (κ3) is 4.74. The van der Waals surface area contributed by atoms with Crippen molar-refractivity contribution in [1.82, 2.24) is 19.2 Å². The molecule has 3 rings (SSSR count). The van der Waals surface area contributed by atoms with Gasteiger partial charge in [0.15, 0.2) is 0 Å². The van der Waals surface area contributed by atoms with E-state index >= 15 is 0 Å². The first kappa shape index (κ1) is 20.0. The Morgan fingerprint density at radius 1 is 1.18 bits per heavy atom. The van der Waals surface area contributed by atoms with Crippen molar-refractivity contribution < 1.29 is 9.53 Å². The number of carbonyl (C=O) groups is 1. The van der Waals surface area contributed by atoms with Gasteiger partial charge in [0, 0.05) is 6.54 Å². The van der Waals surface area contributed by atoms with Gasteiger partial charge in [0.2, 0.25) is 4.77 Å². The van der Waals surface area contributed by atoms with Crippen LogP contribution >= 0.6 is 12.2 Å². The summed E-state index contributed by atoms with van der Waals surface area (Å²) in [5.41, 5.74) is 4.44. The van der Waals surface area contributed by atoms with Crippen LogP contribution in [-0.4, -0.2) is 38.9 Å². The van der Waals surface area contributed by atoms with Gasteiger partial charge < -0.3 is 4.74 Å². The molecule has 6 nitrogen and oxygen atoms in total. The molecule has 0 bridgehead atoms. The van der Waals surface area contributed by atoms with Gasteiger partial charge in [-0.05, 0) is 43.3 Å². The van der Waals surface area contributed by atoms with Gasteiger partial charge in [-0.2, -0.15) is 5.10 Å². The van der Waals surface area contributed by atoms with Crippen LogP contribution in [0.2, 0.25) is 0 Å². The molecule has 0 unspecified atom stereocenters. The summed E-state index contributed by atoms with van der Waals surface area (Å²) in [6.07, 6.45) is 1.72. The smallest absolute Gasteiger partial charge is 0.319 e. The lowest BCUT2D eigenvalue weighted by molar-refractivity contribution is -0.142. The van der Waals surface area contributed by atoms with Crippen molar-refractivity contribution in [1.29, 1.82) is 0 Å². The maximum Gasteiger partial charge on any atom is 0.319 e. The van der Waals surface area contributed by atoms with Crippen LogP contribution in [-0.2, 0) is 22.7 Å². The summed E-state index contributed by atoms with van der Waals surface area (Å²) in [6, 6.07) is 16.2. The average molecular weight is 397 g/mol. The summed E-state index contributed by atoms with van der Waals surface area (Å²) < 4.78 is 9.04. The van der Waals surface area contributed by atoms with Crippen molar-refractivity contribution in [2.75, 3.05) is 13.7 Å². The number of benzene rings is 2. The van der Waals surface area contributed by atoms with E-state index in [-0.39, 0.29) is 12.5 Å². The minimum atomic E-state index is -0.295. The number of methoxy groups -OCH3 is 1. The highest BCUT2D eigenvalue weighted by molar-refractivity contribution is 7.71. The SMILES string of the molecule is COC(=O)CN(Cc1ccccc1)Cn1ncn(-c2ccc(C)cc2C)c1=S. The molecule has 0 radical (unpaired) electrons. The number of esters is 1. The first-order valence-electron chi connectivity index (χ1n) is 9.03. The second-order valence-electron chi connectivity index (χ2n) is 6.76. The Balaban J connectivity index is 1.85. The van der Waals surface area contributed by atoms with E-state index in [9.17, 15) is 4.79 Å². The number of ether oxygens (including phenoxy) is 1. The van der Waals surface area contributed by atoms with Gasteiger partial charge >= 0.3 is 5.97 Å². The molecule has 2 aromatic carbocycles. The van der Waals surface area contributed by atoms with Crippen LogP contribution < -0.4 is 0 Å². The van der Waals surface area contributed by atoms with Gasteiger partial charge in [-0.15, -0.1) is 0 Å². The number of carbonyl (C=O) groups excluding carboxylic acids is 1. The minimum Gasteiger partial charge on any atom is -0.468 e. The van der Waals surface area contributed by atoms with Crippen LogP contribution in [0.3, 0.4) is 0 Å². The van der Waals surface area contributed by atoms with E-state index in [1.807, 2.05) is 45.9 Å². The third-order valence-corrected chi connectivity index (χ3v) is 4.92. The second-order valence-corrected chi connectivity index (χ2v) is 7.13. The van der Waals surface area contributed by atoms with Gasteiger partial charge in [-0.1, -0.05) is 48.0 Å². The molecule has 146 valence electrons. The summed E-state index contributed by atoms with van der Waals surface area (Å²) in [4.78, 5) is 13.8. The molecule has 0 saturated heterocycles. The Kier molecular flexibility index (Phi) is 6.38. The van der Waals surface area contributed by atoms with E-state index in [2.05, 4.69) is 31.1 Å². The molecule has 3 aromatic rings. The molecule has 1 heterocycles. The molecule has 0 aliphatic heterocycles. The standard InChI is InChI=1S/C21H24N4O2S/c1-16-9-10-19(17(2)11-16)24-14-22-25(21(24)28)15-23(13-20(26)27-3)12-18-7-5-4-6-8-18/h4-11,14H,12-13,15H2,1-3H3. The maximum atomic E-state index is 11.9. The molecule has 0 aliphatic carbocycles. The Hall–Kier alpha value is -2.77. The normalized spacial score (nSPS) is 11.0. The number of nitrogens with zero attached hydrogens (tertiary/aromatic N) is 4. The predicted molar refractivity (Wildman–Crippen MR) is 111 cm³/mol.